The van der Waals surface area contributed by atoms with E-state index in [4.69, 9.17) is 24.1 Å². The fraction of sp³-hybridized carbons (Fsp3) is 0.316. The average molecular weight is 423 g/mol. The molecule has 1 aromatic heterocycles. The van der Waals surface area contributed by atoms with Crippen LogP contribution in [0, 0.1) is 0 Å². The molecule has 156 valence electrons. The van der Waals surface area contributed by atoms with E-state index in [0.29, 0.717) is 22.6 Å². The number of benzene rings is 1. The number of hydrogen-bond donors (Lipinski definition) is 2. The van der Waals surface area contributed by atoms with Crippen molar-refractivity contribution in [2.75, 3.05) is 39.4 Å². The molecule has 0 atom stereocenters. The van der Waals surface area contributed by atoms with Crippen molar-refractivity contribution in [2.24, 2.45) is 0 Å². The topological polar surface area (TPSA) is 120 Å². The van der Waals surface area contributed by atoms with Gasteiger partial charge < -0.3 is 29.4 Å². The van der Waals surface area contributed by atoms with E-state index in [0.717, 1.165) is 11.3 Å². The van der Waals surface area contributed by atoms with E-state index in [1.54, 1.807) is 30.5 Å². The molecule has 2 rings (SSSR count). The van der Waals surface area contributed by atoms with E-state index in [2.05, 4.69) is 5.32 Å². The molecule has 1 heterocycles. The molecule has 0 saturated carbocycles. The summed E-state index contributed by atoms with van der Waals surface area (Å²) in [6.45, 7) is 0.783. The molecule has 0 aliphatic carbocycles. The molecule has 2 aromatic rings. The summed E-state index contributed by atoms with van der Waals surface area (Å²) in [5, 5.41) is 13.1. The Morgan fingerprint density at radius 1 is 1.10 bits per heavy atom. The van der Waals surface area contributed by atoms with Crippen molar-refractivity contribution in [1.29, 1.82) is 0 Å². The van der Waals surface area contributed by atoms with Crippen LogP contribution in [0.25, 0.3) is 11.1 Å². The van der Waals surface area contributed by atoms with Crippen LogP contribution in [0.1, 0.15) is 17.3 Å². The molecule has 1 amide bonds. The second-order valence-electron chi connectivity index (χ2n) is 5.58. The van der Waals surface area contributed by atoms with Gasteiger partial charge in [-0.05, 0) is 24.6 Å². The van der Waals surface area contributed by atoms with E-state index < -0.39 is 31.1 Å². The number of carboxylic acids is 1. The molecule has 0 spiro atoms. The van der Waals surface area contributed by atoms with Gasteiger partial charge in [0.15, 0.2) is 11.5 Å². The first-order chi connectivity index (χ1) is 13.9. The van der Waals surface area contributed by atoms with Gasteiger partial charge in [0.05, 0.1) is 20.8 Å². The number of amides is 1. The molecular formula is C19H21NO8S. The Kier molecular flexibility index (Phi) is 7.98. The number of aliphatic carboxylic acids is 1. The van der Waals surface area contributed by atoms with Crippen LogP contribution >= 0.6 is 11.3 Å². The van der Waals surface area contributed by atoms with Gasteiger partial charge in [-0.2, -0.15) is 0 Å². The number of nitrogens with one attached hydrogen (secondary N) is 1. The molecule has 1 aromatic carbocycles. The lowest BCUT2D eigenvalue weighted by atomic mass is 10.0. The Morgan fingerprint density at radius 3 is 2.45 bits per heavy atom. The summed E-state index contributed by atoms with van der Waals surface area (Å²) < 4.78 is 20.4. The van der Waals surface area contributed by atoms with Crippen molar-refractivity contribution >= 4 is 34.2 Å². The quantitative estimate of drug-likeness (QED) is 0.560. The fourth-order valence-corrected chi connectivity index (χ4v) is 3.44. The highest BCUT2D eigenvalue weighted by Gasteiger charge is 2.23. The normalized spacial score (nSPS) is 10.3. The first kappa shape index (κ1) is 22.2. The Balaban J connectivity index is 2.35. The zero-order valence-electron chi connectivity index (χ0n) is 16.1. The number of carboxylic acid groups (broad SMARTS) is 1. The van der Waals surface area contributed by atoms with Crippen LogP contribution in [-0.4, -0.2) is 57.0 Å². The Morgan fingerprint density at radius 2 is 1.83 bits per heavy atom. The molecule has 0 saturated heterocycles. The Labute approximate surface area is 171 Å². The molecule has 0 fully saturated rings. The smallest absolute Gasteiger partial charge is 0.341 e. The third kappa shape index (κ3) is 5.69. The Bertz CT molecular complexity index is 892. The second-order valence-corrected chi connectivity index (χ2v) is 6.46. The van der Waals surface area contributed by atoms with Crippen LogP contribution in [0.5, 0.6) is 11.5 Å². The third-order valence-corrected chi connectivity index (χ3v) is 4.57. The van der Waals surface area contributed by atoms with Crippen molar-refractivity contribution in [3.63, 3.8) is 0 Å². The molecular weight excluding hydrogens is 402 g/mol. The number of methoxy groups -OCH3 is 2. The maximum Gasteiger partial charge on any atom is 0.341 e. The van der Waals surface area contributed by atoms with E-state index in [9.17, 15) is 14.4 Å². The SMILES string of the molecule is CCOC(=O)c1c(-c2ccc(OC)c(OC)c2)csc1NC(=O)COCC(=O)O. The molecule has 0 radical (unpaired) electrons. The van der Waals surface area contributed by atoms with Crippen molar-refractivity contribution in [3.8, 4) is 22.6 Å². The second kappa shape index (κ2) is 10.4. The summed E-state index contributed by atoms with van der Waals surface area (Å²) >= 11 is 1.14. The van der Waals surface area contributed by atoms with Gasteiger partial charge >= 0.3 is 11.9 Å². The van der Waals surface area contributed by atoms with Crippen LogP contribution < -0.4 is 14.8 Å². The highest BCUT2D eigenvalue weighted by atomic mass is 32.1. The summed E-state index contributed by atoms with van der Waals surface area (Å²) in [5.74, 6) is -1.35. The minimum Gasteiger partial charge on any atom is -0.493 e. The largest absolute Gasteiger partial charge is 0.493 e. The number of rotatable bonds is 10. The summed E-state index contributed by atoms with van der Waals surface area (Å²) in [7, 11) is 3.02. The number of esters is 1. The van der Waals surface area contributed by atoms with E-state index in [-0.39, 0.29) is 17.2 Å². The van der Waals surface area contributed by atoms with Gasteiger partial charge in [0.25, 0.3) is 5.91 Å². The lowest BCUT2D eigenvalue weighted by molar-refractivity contribution is -0.143. The van der Waals surface area contributed by atoms with Gasteiger partial charge in [-0.3, -0.25) is 4.79 Å². The number of thiophene rings is 1. The molecule has 2 N–H and O–H groups in total. The van der Waals surface area contributed by atoms with Gasteiger partial charge in [-0.15, -0.1) is 11.3 Å². The van der Waals surface area contributed by atoms with E-state index >= 15 is 0 Å². The van der Waals surface area contributed by atoms with Crippen LogP contribution in [0.4, 0.5) is 5.00 Å². The standard InChI is InChI=1S/C19H21NO8S/c1-4-28-19(24)17-12(11-5-6-13(25-2)14(7-11)26-3)10-29-18(17)20-15(21)8-27-9-16(22)23/h5-7,10H,4,8-9H2,1-3H3,(H,20,21)(H,22,23). The Hall–Kier alpha value is -3.11. The average Bonchev–Trinajstić information content (AvgIpc) is 3.10. The maximum absolute atomic E-state index is 12.6. The zero-order valence-corrected chi connectivity index (χ0v) is 17.0. The van der Waals surface area contributed by atoms with Crippen LogP contribution in [0.15, 0.2) is 23.6 Å². The molecule has 0 bridgehead atoms. The number of ether oxygens (including phenoxy) is 4. The molecule has 9 nitrogen and oxygen atoms in total. The molecule has 0 aliphatic rings. The maximum atomic E-state index is 12.6. The molecule has 0 unspecified atom stereocenters. The summed E-state index contributed by atoms with van der Waals surface area (Å²) in [6.07, 6.45) is 0. The predicted octanol–water partition coefficient (Wildman–Crippen LogP) is 2.65. The third-order valence-electron chi connectivity index (χ3n) is 3.68. The molecule has 10 heteroatoms. The van der Waals surface area contributed by atoms with Gasteiger partial charge in [0, 0.05) is 10.9 Å². The fourth-order valence-electron chi connectivity index (χ4n) is 2.47. The minimum absolute atomic E-state index is 0.162. The van der Waals surface area contributed by atoms with Gasteiger partial charge in [0.1, 0.15) is 23.8 Å². The lowest BCUT2D eigenvalue weighted by Crippen LogP contribution is -2.21. The van der Waals surface area contributed by atoms with Gasteiger partial charge in [-0.1, -0.05) is 6.07 Å². The zero-order chi connectivity index (χ0) is 21.4. The van der Waals surface area contributed by atoms with Crippen LogP contribution in [0.3, 0.4) is 0 Å². The predicted molar refractivity (Wildman–Crippen MR) is 106 cm³/mol. The van der Waals surface area contributed by atoms with Gasteiger partial charge in [0.2, 0.25) is 0 Å². The number of carbonyl (C=O) groups is 3. The monoisotopic (exact) mass is 423 g/mol. The van der Waals surface area contributed by atoms with E-state index in [1.807, 2.05) is 0 Å². The number of anilines is 1. The first-order valence-corrected chi connectivity index (χ1v) is 9.39. The highest BCUT2D eigenvalue weighted by molar-refractivity contribution is 7.15. The summed E-state index contributed by atoms with van der Waals surface area (Å²) in [6, 6.07) is 5.18. The minimum atomic E-state index is -1.18. The van der Waals surface area contributed by atoms with Crippen molar-refractivity contribution < 1.29 is 38.4 Å². The van der Waals surface area contributed by atoms with Crippen LogP contribution in [-0.2, 0) is 19.1 Å². The first-order valence-electron chi connectivity index (χ1n) is 8.51. The highest BCUT2D eigenvalue weighted by Crippen LogP contribution is 2.39. The van der Waals surface area contributed by atoms with Crippen molar-refractivity contribution in [1.82, 2.24) is 0 Å². The summed E-state index contributed by atoms with van der Waals surface area (Å²) in [5.41, 5.74) is 1.41. The van der Waals surface area contributed by atoms with Crippen molar-refractivity contribution in [2.45, 2.75) is 6.92 Å². The van der Waals surface area contributed by atoms with Gasteiger partial charge in [-0.25, -0.2) is 9.59 Å². The van der Waals surface area contributed by atoms with Crippen molar-refractivity contribution in [3.05, 3.63) is 29.1 Å². The van der Waals surface area contributed by atoms with Crippen LogP contribution in [0.2, 0.25) is 0 Å². The number of carbonyl (C=O) groups excluding carboxylic acids is 2. The lowest BCUT2D eigenvalue weighted by Gasteiger charge is -2.11. The summed E-state index contributed by atoms with van der Waals surface area (Å²) in [4.78, 5) is 35.1. The number of hydrogen-bond acceptors (Lipinski definition) is 8. The van der Waals surface area contributed by atoms with E-state index in [1.165, 1.54) is 14.2 Å². The molecule has 0 aliphatic heterocycles. The molecule has 29 heavy (non-hydrogen) atoms.